The first kappa shape index (κ1) is 17.2. The third-order valence-electron chi connectivity index (χ3n) is 3.03. The average molecular weight is 397 g/mol. The van der Waals surface area contributed by atoms with Crippen LogP contribution in [0.2, 0.25) is 0 Å². The number of benzene rings is 1. The Morgan fingerprint density at radius 3 is 2.70 bits per heavy atom. The summed E-state index contributed by atoms with van der Waals surface area (Å²) in [6.45, 7) is 1.74. The van der Waals surface area contributed by atoms with Gasteiger partial charge in [-0.2, -0.15) is 10.4 Å². The van der Waals surface area contributed by atoms with E-state index in [1.54, 1.807) is 24.9 Å². The molecule has 1 heterocycles. The van der Waals surface area contributed by atoms with Gasteiger partial charge in [0.25, 0.3) is 10.0 Å². The monoisotopic (exact) mass is 396 g/mol. The molecule has 1 aromatic heterocycles. The molecule has 0 radical (unpaired) electrons. The number of halogens is 1. The van der Waals surface area contributed by atoms with E-state index in [9.17, 15) is 13.2 Å². The van der Waals surface area contributed by atoms with Gasteiger partial charge in [-0.25, -0.2) is 13.1 Å². The average Bonchev–Trinajstić information content (AvgIpc) is 2.75. The Morgan fingerprint density at radius 2 is 2.13 bits per heavy atom. The molecule has 2 aromatic rings. The summed E-state index contributed by atoms with van der Waals surface area (Å²) in [6.07, 6.45) is 1.56. The number of rotatable bonds is 4. The number of hydrogen-bond donors (Lipinski definition) is 1. The normalized spacial score (nSPS) is 11.0. The first-order valence-corrected chi connectivity index (χ1v) is 8.74. The van der Waals surface area contributed by atoms with E-state index in [2.05, 4.69) is 21.0 Å². The second-order valence-electron chi connectivity index (χ2n) is 4.91. The molecule has 0 aliphatic rings. The zero-order chi connectivity index (χ0) is 17.2. The van der Waals surface area contributed by atoms with Gasteiger partial charge >= 0.3 is 0 Å². The molecule has 23 heavy (non-hydrogen) atoms. The smallest absolute Gasteiger partial charge is 0.264 e. The number of aryl methyl sites for hydroxylation is 2. The van der Waals surface area contributed by atoms with Gasteiger partial charge in [-0.05, 0) is 25.1 Å². The fourth-order valence-corrected chi connectivity index (χ4v) is 3.72. The number of carbonyl (C=O) groups excluding carboxylic acids is 1. The van der Waals surface area contributed by atoms with E-state index in [4.69, 9.17) is 5.26 Å². The summed E-state index contributed by atoms with van der Waals surface area (Å²) < 4.78 is 28.5. The molecular formula is C14H13BrN4O3S. The number of sulfonamides is 1. The number of nitrogens with one attached hydrogen (secondary N) is 1. The van der Waals surface area contributed by atoms with Gasteiger partial charge < -0.3 is 0 Å². The molecule has 0 aliphatic heterocycles. The van der Waals surface area contributed by atoms with Gasteiger partial charge in [-0.3, -0.25) is 9.48 Å². The van der Waals surface area contributed by atoms with Gasteiger partial charge in [0.2, 0.25) is 5.91 Å². The van der Waals surface area contributed by atoms with Gasteiger partial charge in [0, 0.05) is 23.3 Å². The van der Waals surface area contributed by atoms with Crippen LogP contribution < -0.4 is 4.72 Å². The molecule has 0 atom stereocenters. The molecule has 0 saturated carbocycles. The molecule has 120 valence electrons. The number of aromatic nitrogens is 2. The van der Waals surface area contributed by atoms with Gasteiger partial charge in [-0.1, -0.05) is 15.9 Å². The second-order valence-corrected chi connectivity index (χ2v) is 7.50. The zero-order valence-corrected chi connectivity index (χ0v) is 14.8. The number of hydrogen-bond acceptors (Lipinski definition) is 5. The van der Waals surface area contributed by atoms with Crippen molar-refractivity contribution < 1.29 is 13.2 Å². The van der Waals surface area contributed by atoms with E-state index in [-0.39, 0.29) is 16.9 Å². The summed E-state index contributed by atoms with van der Waals surface area (Å²) in [5.74, 6) is -0.667. The number of nitrogens with zero attached hydrogens (tertiary/aromatic N) is 3. The fraction of sp³-hybridized carbons (Fsp3) is 0.214. The Bertz CT molecular complexity index is 913. The van der Waals surface area contributed by atoms with Crippen molar-refractivity contribution >= 4 is 31.9 Å². The van der Waals surface area contributed by atoms with Gasteiger partial charge in [0.15, 0.2) is 0 Å². The summed E-state index contributed by atoms with van der Waals surface area (Å²) >= 11 is 3.14. The number of amides is 1. The van der Waals surface area contributed by atoms with Crippen LogP contribution in [0.4, 0.5) is 0 Å². The molecule has 0 saturated heterocycles. The van der Waals surface area contributed by atoms with E-state index < -0.39 is 15.9 Å². The quantitative estimate of drug-likeness (QED) is 0.840. The standard InChI is InChI=1S/C14H13BrN4O3S/c1-9-11(8-19(2)17-9)5-14(20)18-23(21,22)13-4-10(7-16)3-12(15)6-13/h3-4,6,8H,5H2,1-2H3,(H,18,20). The van der Waals surface area contributed by atoms with Crippen molar-refractivity contribution in [3.8, 4) is 6.07 Å². The van der Waals surface area contributed by atoms with Crippen LogP contribution in [-0.4, -0.2) is 24.1 Å². The highest BCUT2D eigenvalue weighted by Crippen LogP contribution is 2.19. The summed E-state index contributed by atoms with van der Waals surface area (Å²) in [5, 5.41) is 13.0. The van der Waals surface area contributed by atoms with Crippen LogP contribution >= 0.6 is 15.9 Å². The van der Waals surface area contributed by atoms with E-state index in [1.165, 1.54) is 18.2 Å². The third kappa shape index (κ3) is 4.18. The Balaban J connectivity index is 2.21. The van der Waals surface area contributed by atoms with Crippen LogP contribution in [0.3, 0.4) is 0 Å². The van der Waals surface area contributed by atoms with Crippen molar-refractivity contribution in [2.45, 2.75) is 18.2 Å². The first-order chi connectivity index (χ1) is 10.7. The number of carbonyl (C=O) groups is 1. The highest BCUT2D eigenvalue weighted by Gasteiger charge is 2.20. The summed E-state index contributed by atoms with van der Waals surface area (Å²) in [5.41, 5.74) is 1.48. The minimum absolute atomic E-state index is 0.0992. The molecule has 1 amide bonds. The van der Waals surface area contributed by atoms with E-state index in [0.29, 0.717) is 15.7 Å². The lowest BCUT2D eigenvalue weighted by molar-refractivity contribution is -0.118. The highest BCUT2D eigenvalue weighted by molar-refractivity contribution is 9.10. The highest BCUT2D eigenvalue weighted by atomic mass is 79.9. The molecule has 0 spiro atoms. The van der Waals surface area contributed by atoms with E-state index in [0.717, 1.165) is 0 Å². The Labute approximate surface area is 142 Å². The molecular weight excluding hydrogens is 384 g/mol. The molecule has 0 fully saturated rings. The largest absolute Gasteiger partial charge is 0.275 e. The minimum atomic E-state index is -4.05. The molecule has 0 bridgehead atoms. The molecule has 1 N–H and O–H groups in total. The lowest BCUT2D eigenvalue weighted by Crippen LogP contribution is -2.32. The van der Waals surface area contributed by atoms with Crippen LogP contribution in [0.25, 0.3) is 0 Å². The Morgan fingerprint density at radius 1 is 1.43 bits per heavy atom. The molecule has 0 unspecified atom stereocenters. The van der Waals surface area contributed by atoms with Gasteiger partial charge in [0.1, 0.15) is 0 Å². The Kier molecular flexibility index (Phi) is 4.87. The summed E-state index contributed by atoms with van der Waals surface area (Å²) in [4.78, 5) is 11.8. The predicted molar refractivity (Wildman–Crippen MR) is 85.8 cm³/mol. The van der Waals surface area contributed by atoms with Gasteiger partial charge in [-0.15, -0.1) is 0 Å². The zero-order valence-electron chi connectivity index (χ0n) is 12.4. The summed E-state index contributed by atoms with van der Waals surface area (Å²) in [6, 6.07) is 5.88. The lowest BCUT2D eigenvalue weighted by Gasteiger charge is -2.07. The van der Waals surface area contributed by atoms with Crippen molar-refractivity contribution in [2.24, 2.45) is 7.05 Å². The van der Waals surface area contributed by atoms with E-state index >= 15 is 0 Å². The van der Waals surface area contributed by atoms with Crippen LogP contribution in [0.5, 0.6) is 0 Å². The molecule has 0 aliphatic carbocycles. The minimum Gasteiger partial charge on any atom is -0.275 e. The second kappa shape index (κ2) is 6.52. The predicted octanol–water partition coefficient (Wildman–Crippen LogP) is 1.41. The van der Waals surface area contributed by atoms with Crippen LogP contribution in [0.15, 0.2) is 33.8 Å². The maximum absolute atomic E-state index is 12.3. The van der Waals surface area contributed by atoms with Crippen LogP contribution in [0.1, 0.15) is 16.8 Å². The molecule has 2 rings (SSSR count). The topological polar surface area (TPSA) is 105 Å². The molecule has 9 heteroatoms. The van der Waals surface area contributed by atoms with Crippen molar-refractivity contribution in [3.63, 3.8) is 0 Å². The van der Waals surface area contributed by atoms with Crippen molar-refractivity contribution in [2.75, 3.05) is 0 Å². The van der Waals surface area contributed by atoms with Crippen molar-refractivity contribution in [3.05, 3.63) is 45.7 Å². The molecule has 7 nitrogen and oxygen atoms in total. The SMILES string of the molecule is Cc1nn(C)cc1CC(=O)NS(=O)(=O)c1cc(Br)cc(C#N)c1. The van der Waals surface area contributed by atoms with Gasteiger partial charge in [0.05, 0.1) is 28.6 Å². The van der Waals surface area contributed by atoms with E-state index in [1.807, 2.05) is 10.8 Å². The van der Waals surface area contributed by atoms with Crippen molar-refractivity contribution in [1.82, 2.24) is 14.5 Å². The maximum Gasteiger partial charge on any atom is 0.264 e. The molecule has 1 aromatic carbocycles. The van der Waals surface area contributed by atoms with Crippen LogP contribution in [0, 0.1) is 18.3 Å². The fourth-order valence-electron chi connectivity index (χ4n) is 2.02. The lowest BCUT2D eigenvalue weighted by atomic mass is 10.2. The third-order valence-corrected chi connectivity index (χ3v) is 4.84. The van der Waals surface area contributed by atoms with Crippen molar-refractivity contribution in [1.29, 1.82) is 5.26 Å². The maximum atomic E-state index is 12.3. The first-order valence-electron chi connectivity index (χ1n) is 6.47. The van der Waals surface area contributed by atoms with Crippen LogP contribution in [-0.2, 0) is 28.3 Å². The number of nitriles is 1. The summed E-state index contributed by atoms with van der Waals surface area (Å²) in [7, 11) is -2.33. The Hall–Kier alpha value is -2.18.